The Bertz CT molecular complexity index is 737. The highest BCUT2D eigenvalue weighted by molar-refractivity contribution is 5.52. The molecule has 4 bridgehead atoms. The number of aromatic hydroxyl groups is 2. The van der Waals surface area contributed by atoms with Gasteiger partial charge in [-0.15, -0.1) is 0 Å². The zero-order valence-electron chi connectivity index (χ0n) is 17.0. The van der Waals surface area contributed by atoms with Crippen LogP contribution in [0.25, 0.3) is 0 Å². The van der Waals surface area contributed by atoms with Crippen LogP contribution in [0.4, 0.5) is 0 Å². The Morgan fingerprint density at radius 2 is 1.46 bits per heavy atom. The lowest BCUT2D eigenvalue weighted by atomic mass is 9.48. The largest absolute Gasteiger partial charge is 0.508 e. The Hall–Kier alpha value is -1.48. The molecule has 6 rings (SSSR count). The van der Waals surface area contributed by atoms with Crippen molar-refractivity contribution in [1.82, 2.24) is 0 Å². The van der Waals surface area contributed by atoms with Crippen LogP contribution in [0.2, 0.25) is 0 Å². The van der Waals surface area contributed by atoms with Gasteiger partial charge < -0.3 is 15.3 Å². The number of rotatable bonds is 3. The van der Waals surface area contributed by atoms with Crippen LogP contribution in [0.15, 0.2) is 24.3 Å². The van der Waals surface area contributed by atoms with E-state index in [2.05, 4.69) is 6.58 Å². The predicted molar refractivity (Wildman–Crippen MR) is 111 cm³/mol. The summed E-state index contributed by atoms with van der Waals surface area (Å²) in [6.07, 6.45) is 9.63. The molecule has 3 atom stereocenters. The molecule has 3 N–H and O–H groups in total. The normalized spacial score (nSPS) is 41.9. The number of allylic oxidation sites excluding steroid dienone is 1. The number of phenolic OH excluding ortho intramolecular Hbond substituents is 2. The number of hydrogen-bond acceptors (Lipinski definition) is 3. The van der Waals surface area contributed by atoms with Gasteiger partial charge in [0.05, 0.1) is 6.10 Å². The molecule has 5 aliphatic carbocycles. The molecule has 0 amide bonds. The van der Waals surface area contributed by atoms with E-state index in [-0.39, 0.29) is 34.9 Å². The molecule has 0 heterocycles. The number of aliphatic hydroxyl groups excluding tert-OH is 1. The fraction of sp³-hybridized carbons (Fsp3) is 0.680. The zero-order valence-corrected chi connectivity index (χ0v) is 17.0. The molecule has 1 unspecified atom stereocenters. The molecule has 152 valence electrons. The van der Waals surface area contributed by atoms with Gasteiger partial charge in [-0.05, 0) is 111 Å². The Morgan fingerprint density at radius 1 is 0.929 bits per heavy atom. The van der Waals surface area contributed by atoms with Crippen molar-refractivity contribution in [3.63, 3.8) is 0 Å². The van der Waals surface area contributed by atoms with Crippen LogP contribution < -0.4 is 0 Å². The summed E-state index contributed by atoms with van der Waals surface area (Å²) in [4.78, 5) is 0. The van der Waals surface area contributed by atoms with Crippen LogP contribution in [-0.2, 0) is 5.41 Å². The average molecular weight is 383 g/mol. The summed E-state index contributed by atoms with van der Waals surface area (Å²) in [6, 6.07) is 3.91. The van der Waals surface area contributed by atoms with Crippen molar-refractivity contribution in [3.05, 3.63) is 35.4 Å². The van der Waals surface area contributed by atoms with E-state index in [9.17, 15) is 15.3 Å². The van der Waals surface area contributed by atoms with Gasteiger partial charge in [0.15, 0.2) is 0 Å². The average Bonchev–Trinajstić information content (AvgIpc) is 2.59. The lowest BCUT2D eigenvalue weighted by Gasteiger charge is -2.57. The lowest BCUT2D eigenvalue weighted by Crippen LogP contribution is -2.48. The van der Waals surface area contributed by atoms with E-state index >= 15 is 0 Å². The first-order valence-electron chi connectivity index (χ1n) is 11.2. The molecule has 0 aliphatic heterocycles. The first kappa shape index (κ1) is 18.5. The van der Waals surface area contributed by atoms with Crippen molar-refractivity contribution < 1.29 is 15.3 Å². The van der Waals surface area contributed by atoms with Crippen LogP contribution in [0, 0.1) is 23.7 Å². The second kappa shape index (κ2) is 6.52. The maximum absolute atomic E-state index is 11.0. The number of aliphatic hydroxyl groups is 1. The van der Waals surface area contributed by atoms with E-state index in [0.717, 1.165) is 41.7 Å². The first-order valence-corrected chi connectivity index (χ1v) is 11.2. The fourth-order valence-corrected chi connectivity index (χ4v) is 7.83. The summed E-state index contributed by atoms with van der Waals surface area (Å²) in [5, 5.41) is 32.3. The molecule has 5 fully saturated rings. The van der Waals surface area contributed by atoms with E-state index < -0.39 is 0 Å². The Labute approximate surface area is 168 Å². The van der Waals surface area contributed by atoms with Gasteiger partial charge in [0.25, 0.3) is 0 Å². The van der Waals surface area contributed by atoms with Crippen LogP contribution in [0.1, 0.15) is 81.8 Å². The van der Waals surface area contributed by atoms with Crippen molar-refractivity contribution in [3.8, 4) is 11.5 Å². The molecule has 28 heavy (non-hydrogen) atoms. The van der Waals surface area contributed by atoms with Crippen molar-refractivity contribution in [2.45, 2.75) is 82.1 Å². The third-order valence-corrected chi connectivity index (χ3v) is 8.61. The van der Waals surface area contributed by atoms with Gasteiger partial charge in [-0.1, -0.05) is 12.2 Å². The lowest BCUT2D eigenvalue weighted by molar-refractivity contribution is -0.00539. The van der Waals surface area contributed by atoms with Crippen molar-refractivity contribution in [2.75, 3.05) is 0 Å². The van der Waals surface area contributed by atoms with Crippen LogP contribution >= 0.6 is 0 Å². The number of hydrogen-bond donors (Lipinski definition) is 3. The molecule has 0 aromatic heterocycles. The Kier molecular flexibility index (Phi) is 4.32. The summed E-state index contributed by atoms with van der Waals surface area (Å²) >= 11 is 0. The van der Waals surface area contributed by atoms with Gasteiger partial charge in [-0.25, -0.2) is 0 Å². The van der Waals surface area contributed by atoms with Crippen molar-refractivity contribution in [2.24, 2.45) is 23.7 Å². The highest BCUT2D eigenvalue weighted by Crippen LogP contribution is 2.61. The minimum Gasteiger partial charge on any atom is -0.508 e. The van der Waals surface area contributed by atoms with Gasteiger partial charge in [-0.2, -0.15) is 0 Å². The van der Waals surface area contributed by atoms with Gasteiger partial charge in [-0.3, -0.25) is 0 Å². The minimum atomic E-state index is -0.373. The molecule has 5 aliphatic rings. The highest BCUT2D eigenvalue weighted by Gasteiger charge is 2.52. The summed E-state index contributed by atoms with van der Waals surface area (Å²) in [5.41, 5.74) is 3.00. The summed E-state index contributed by atoms with van der Waals surface area (Å²) in [5.74, 6) is 3.06. The van der Waals surface area contributed by atoms with E-state index in [1.54, 1.807) is 0 Å². The number of benzene rings is 1. The standard InChI is InChI=1S/C25H34O3/c1-14(2)20-4-3-19(26)10-21(20)24-22(27)8-18(9-23(24)28)25-11-15-5-16(12-25)7-17(6-15)13-25/h8-9,15-17,19-21,26-28H,1,3-7,10-13H2,2H3/t15?,16?,17?,19?,20-,21+,25?/m0/s1. The Balaban J connectivity index is 1.52. The van der Waals surface area contributed by atoms with Crippen molar-refractivity contribution in [1.29, 1.82) is 0 Å². The second-order valence-electron chi connectivity index (χ2n) is 10.7. The quantitative estimate of drug-likeness (QED) is 0.615. The fourth-order valence-electron chi connectivity index (χ4n) is 7.83. The molecular formula is C25H34O3. The molecule has 1 aromatic carbocycles. The maximum atomic E-state index is 11.0. The van der Waals surface area contributed by atoms with E-state index in [1.165, 1.54) is 38.5 Å². The molecule has 5 saturated carbocycles. The van der Waals surface area contributed by atoms with Gasteiger partial charge >= 0.3 is 0 Å². The van der Waals surface area contributed by atoms with Crippen LogP contribution in [0.3, 0.4) is 0 Å². The third kappa shape index (κ3) is 2.89. The molecule has 1 aromatic rings. The van der Waals surface area contributed by atoms with E-state index in [1.807, 2.05) is 19.1 Å². The summed E-state index contributed by atoms with van der Waals surface area (Å²) in [7, 11) is 0. The van der Waals surface area contributed by atoms with Crippen molar-refractivity contribution >= 4 is 0 Å². The maximum Gasteiger partial charge on any atom is 0.123 e. The second-order valence-corrected chi connectivity index (χ2v) is 10.7. The third-order valence-electron chi connectivity index (χ3n) is 8.61. The monoisotopic (exact) mass is 382 g/mol. The predicted octanol–water partition coefficient (Wildman–Crippen LogP) is 5.39. The molecule has 0 radical (unpaired) electrons. The van der Waals surface area contributed by atoms with Crippen LogP contribution in [-0.4, -0.2) is 21.4 Å². The summed E-state index contributed by atoms with van der Waals surface area (Å²) < 4.78 is 0. The molecular weight excluding hydrogens is 348 g/mol. The first-order chi connectivity index (χ1) is 13.3. The van der Waals surface area contributed by atoms with Gasteiger partial charge in [0.2, 0.25) is 0 Å². The van der Waals surface area contributed by atoms with Gasteiger partial charge in [0.1, 0.15) is 11.5 Å². The number of phenols is 2. The Morgan fingerprint density at radius 3 is 1.96 bits per heavy atom. The molecule has 0 saturated heterocycles. The SMILES string of the molecule is C=C(C)[C@@H]1CCC(O)C[C@H]1c1c(O)cc(C23CC4CC(CC(C4)C2)C3)cc1O. The molecule has 0 spiro atoms. The van der Waals surface area contributed by atoms with Gasteiger partial charge in [0, 0.05) is 11.5 Å². The minimum absolute atomic E-state index is 0.0633. The molecule has 3 nitrogen and oxygen atoms in total. The van der Waals surface area contributed by atoms with E-state index in [4.69, 9.17) is 0 Å². The summed E-state index contributed by atoms with van der Waals surface area (Å²) in [6.45, 7) is 6.16. The highest BCUT2D eigenvalue weighted by atomic mass is 16.3. The zero-order chi connectivity index (χ0) is 19.6. The smallest absolute Gasteiger partial charge is 0.123 e. The van der Waals surface area contributed by atoms with Crippen LogP contribution in [0.5, 0.6) is 11.5 Å². The molecule has 3 heteroatoms. The topological polar surface area (TPSA) is 60.7 Å². The van der Waals surface area contributed by atoms with E-state index in [0.29, 0.717) is 12.0 Å².